The molecule has 0 spiro atoms. The second-order valence-electron chi connectivity index (χ2n) is 6.36. The number of amides is 1. The minimum absolute atomic E-state index is 0.00279. The first-order chi connectivity index (χ1) is 12.1. The topological polar surface area (TPSA) is 64.4 Å². The summed E-state index contributed by atoms with van der Waals surface area (Å²) in [6.45, 7) is 0.866. The number of ether oxygens (including phenoxy) is 1. The highest BCUT2D eigenvalue weighted by atomic mass is 16.5. The van der Waals surface area contributed by atoms with Gasteiger partial charge in [-0.15, -0.1) is 0 Å². The first-order valence-corrected chi connectivity index (χ1v) is 8.61. The predicted octanol–water partition coefficient (Wildman–Crippen LogP) is 2.09. The molecule has 0 N–H and O–H groups in total. The second kappa shape index (κ2) is 7.96. The molecule has 132 valence electrons. The van der Waals surface area contributed by atoms with Gasteiger partial charge in [0, 0.05) is 26.2 Å². The molecule has 25 heavy (non-hydrogen) atoms. The summed E-state index contributed by atoms with van der Waals surface area (Å²) in [6, 6.07) is 9.12. The molecule has 0 bridgehead atoms. The number of esters is 1. The van der Waals surface area contributed by atoms with Crippen molar-refractivity contribution in [2.24, 2.45) is 7.05 Å². The SMILES string of the molecule is Cn1cc(CCC(=O)N2CCCC2C(=O)OCc2ccccc2)cn1. The van der Waals surface area contributed by atoms with Gasteiger partial charge in [0.25, 0.3) is 0 Å². The first-order valence-electron chi connectivity index (χ1n) is 8.61. The van der Waals surface area contributed by atoms with Gasteiger partial charge in [0.15, 0.2) is 0 Å². The maximum atomic E-state index is 12.5. The highest BCUT2D eigenvalue weighted by Crippen LogP contribution is 2.20. The average molecular weight is 341 g/mol. The monoisotopic (exact) mass is 341 g/mol. The van der Waals surface area contributed by atoms with Crippen LogP contribution >= 0.6 is 0 Å². The molecule has 2 aromatic rings. The molecule has 1 atom stereocenters. The zero-order valence-electron chi connectivity index (χ0n) is 14.4. The maximum Gasteiger partial charge on any atom is 0.329 e. The standard InChI is InChI=1S/C19H23N3O3/c1-21-13-16(12-20-21)9-10-18(23)22-11-5-8-17(22)19(24)25-14-15-6-3-2-4-7-15/h2-4,6-7,12-13,17H,5,8-11,14H2,1H3. The Balaban J connectivity index is 1.52. The van der Waals surface area contributed by atoms with Crippen LogP contribution < -0.4 is 0 Å². The fourth-order valence-corrected chi connectivity index (χ4v) is 3.13. The number of rotatable bonds is 6. The molecule has 0 aliphatic carbocycles. The zero-order chi connectivity index (χ0) is 17.6. The molecule has 1 fully saturated rings. The molecule has 0 radical (unpaired) electrons. The van der Waals surface area contributed by atoms with Crippen molar-refractivity contribution in [1.82, 2.24) is 14.7 Å². The van der Waals surface area contributed by atoms with E-state index in [1.165, 1.54) is 0 Å². The van der Waals surface area contributed by atoms with Gasteiger partial charge in [0.2, 0.25) is 5.91 Å². The van der Waals surface area contributed by atoms with Crippen molar-refractivity contribution in [2.75, 3.05) is 6.54 Å². The number of likely N-dealkylation sites (tertiary alicyclic amines) is 1. The van der Waals surface area contributed by atoms with E-state index in [1.54, 1.807) is 15.8 Å². The van der Waals surface area contributed by atoms with E-state index in [-0.39, 0.29) is 18.5 Å². The van der Waals surface area contributed by atoms with E-state index in [2.05, 4.69) is 5.10 Å². The van der Waals surface area contributed by atoms with Gasteiger partial charge in [-0.1, -0.05) is 30.3 Å². The van der Waals surface area contributed by atoms with Crippen LogP contribution in [-0.4, -0.2) is 39.1 Å². The van der Waals surface area contributed by atoms with Gasteiger partial charge in [-0.3, -0.25) is 9.48 Å². The van der Waals surface area contributed by atoms with Crippen molar-refractivity contribution in [2.45, 2.75) is 38.3 Å². The minimum atomic E-state index is -0.454. The van der Waals surface area contributed by atoms with E-state index in [0.29, 0.717) is 25.8 Å². The van der Waals surface area contributed by atoms with Crippen molar-refractivity contribution in [3.05, 3.63) is 53.9 Å². The Morgan fingerprint density at radius 3 is 2.76 bits per heavy atom. The van der Waals surface area contributed by atoms with Crippen molar-refractivity contribution in [3.63, 3.8) is 0 Å². The van der Waals surface area contributed by atoms with Gasteiger partial charge < -0.3 is 9.64 Å². The lowest BCUT2D eigenvalue weighted by atomic mass is 10.1. The van der Waals surface area contributed by atoms with Crippen LogP contribution in [0, 0.1) is 0 Å². The van der Waals surface area contributed by atoms with E-state index in [1.807, 2.05) is 43.6 Å². The Hall–Kier alpha value is -2.63. The van der Waals surface area contributed by atoms with Crippen LogP contribution in [0.25, 0.3) is 0 Å². The number of hydrogen-bond donors (Lipinski definition) is 0. The molecule has 6 heteroatoms. The lowest BCUT2D eigenvalue weighted by Crippen LogP contribution is -2.41. The molecule has 6 nitrogen and oxygen atoms in total. The number of aromatic nitrogens is 2. The Morgan fingerprint density at radius 2 is 2.04 bits per heavy atom. The Labute approximate surface area is 147 Å². The lowest BCUT2D eigenvalue weighted by molar-refractivity contribution is -0.154. The van der Waals surface area contributed by atoms with Gasteiger partial charge in [0.05, 0.1) is 6.20 Å². The largest absolute Gasteiger partial charge is 0.459 e. The fourth-order valence-electron chi connectivity index (χ4n) is 3.13. The summed E-state index contributed by atoms with van der Waals surface area (Å²) >= 11 is 0. The summed E-state index contributed by atoms with van der Waals surface area (Å²) in [5.74, 6) is -0.306. The molecule has 1 saturated heterocycles. The molecular weight excluding hydrogens is 318 g/mol. The molecule has 2 heterocycles. The Kier molecular flexibility index (Phi) is 5.48. The predicted molar refractivity (Wildman–Crippen MR) is 92.5 cm³/mol. The lowest BCUT2D eigenvalue weighted by Gasteiger charge is -2.23. The number of carbonyl (C=O) groups excluding carboxylic acids is 2. The van der Waals surface area contributed by atoms with E-state index >= 15 is 0 Å². The van der Waals surface area contributed by atoms with Gasteiger partial charge in [-0.05, 0) is 30.4 Å². The number of nitrogens with zero attached hydrogens (tertiary/aromatic N) is 3. The number of carbonyl (C=O) groups is 2. The Morgan fingerprint density at radius 1 is 1.24 bits per heavy atom. The summed E-state index contributed by atoms with van der Waals surface area (Å²) in [5.41, 5.74) is 1.97. The molecule has 0 saturated carbocycles. The zero-order valence-corrected chi connectivity index (χ0v) is 14.4. The summed E-state index contributed by atoms with van der Waals surface area (Å²) in [6.07, 6.45) is 6.20. The molecule has 1 amide bonds. The highest BCUT2D eigenvalue weighted by Gasteiger charge is 2.34. The minimum Gasteiger partial charge on any atom is -0.459 e. The third-order valence-electron chi connectivity index (χ3n) is 4.46. The number of aryl methyl sites for hydroxylation is 2. The van der Waals surface area contributed by atoms with Gasteiger partial charge >= 0.3 is 5.97 Å². The van der Waals surface area contributed by atoms with Crippen LogP contribution in [0.5, 0.6) is 0 Å². The van der Waals surface area contributed by atoms with Crippen molar-refractivity contribution >= 4 is 11.9 Å². The molecule has 1 aliphatic heterocycles. The van der Waals surface area contributed by atoms with E-state index < -0.39 is 6.04 Å². The fraction of sp³-hybridized carbons (Fsp3) is 0.421. The van der Waals surface area contributed by atoms with Crippen molar-refractivity contribution < 1.29 is 14.3 Å². The summed E-state index contributed by atoms with van der Waals surface area (Å²) in [5, 5.41) is 4.11. The van der Waals surface area contributed by atoms with Crippen molar-refractivity contribution in [1.29, 1.82) is 0 Å². The molecule has 3 rings (SSSR count). The van der Waals surface area contributed by atoms with E-state index in [9.17, 15) is 9.59 Å². The summed E-state index contributed by atoms with van der Waals surface area (Å²) in [4.78, 5) is 26.6. The van der Waals surface area contributed by atoms with Crippen LogP contribution in [-0.2, 0) is 34.4 Å². The van der Waals surface area contributed by atoms with Gasteiger partial charge in [0.1, 0.15) is 12.6 Å². The van der Waals surface area contributed by atoms with E-state index in [0.717, 1.165) is 17.5 Å². The molecule has 1 aromatic heterocycles. The maximum absolute atomic E-state index is 12.5. The average Bonchev–Trinajstić information content (AvgIpc) is 3.27. The second-order valence-corrected chi connectivity index (χ2v) is 6.36. The number of benzene rings is 1. The third kappa shape index (κ3) is 4.47. The van der Waals surface area contributed by atoms with Crippen LogP contribution in [0.4, 0.5) is 0 Å². The van der Waals surface area contributed by atoms with Crippen LogP contribution in [0.1, 0.15) is 30.4 Å². The van der Waals surface area contributed by atoms with Crippen LogP contribution in [0.3, 0.4) is 0 Å². The van der Waals surface area contributed by atoms with Crippen LogP contribution in [0.15, 0.2) is 42.7 Å². The van der Waals surface area contributed by atoms with Crippen molar-refractivity contribution in [3.8, 4) is 0 Å². The normalized spacial score (nSPS) is 16.8. The Bertz CT molecular complexity index is 727. The summed E-state index contributed by atoms with van der Waals surface area (Å²) < 4.78 is 7.13. The van der Waals surface area contributed by atoms with Gasteiger partial charge in [-0.2, -0.15) is 5.10 Å². The van der Waals surface area contributed by atoms with E-state index in [4.69, 9.17) is 4.74 Å². The smallest absolute Gasteiger partial charge is 0.329 e. The highest BCUT2D eigenvalue weighted by molar-refractivity contribution is 5.85. The quantitative estimate of drug-likeness (QED) is 0.755. The molecule has 1 aliphatic rings. The molecule has 1 unspecified atom stereocenters. The third-order valence-corrected chi connectivity index (χ3v) is 4.46. The number of hydrogen-bond acceptors (Lipinski definition) is 4. The van der Waals surface area contributed by atoms with Crippen LogP contribution in [0.2, 0.25) is 0 Å². The molecule has 1 aromatic carbocycles. The summed E-state index contributed by atoms with van der Waals surface area (Å²) in [7, 11) is 1.85. The van der Waals surface area contributed by atoms with Gasteiger partial charge in [-0.25, -0.2) is 4.79 Å². The molecular formula is C19H23N3O3. The first kappa shape index (κ1) is 17.2.